The van der Waals surface area contributed by atoms with Crippen molar-refractivity contribution in [3.8, 4) is 23.3 Å². The molecule has 2 atom stereocenters. The highest BCUT2D eigenvalue weighted by atomic mass is 35.5. The van der Waals surface area contributed by atoms with E-state index in [1.165, 1.54) is 0 Å². The Balaban J connectivity index is 0.715. The van der Waals surface area contributed by atoms with Crippen molar-refractivity contribution in [3.05, 3.63) is 88.3 Å². The molecule has 2 saturated carbocycles. The first-order valence-electron chi connectivity index (χ1n) is 24.7. The monoisotopic (exact) mass is 963 g/mol. The zero-order valence-corrected chi connectivity index (χ0v) is 41.6. The summed E-state index contributed by atoms with van der Waals surface area (Å²) < 4.78 is 29.4. The Bertz CT molecular complexity index is 2560. The summed E-state index contributed by atoms with van der Waals surface area (Å²) in [6, 6.07) is 17.6. The van der Waals surface area contributed by atoms with E-state index in [0.29, 0.717) is 52.3 Å². The fraction of sp³-hybridized carbons (Fsp3) is 0.566. The summed E-state index contributed by atoms with van der Waals surface area (Å²) in [5.74, 6) is 1.01. The third kappa shape index (κ3) is 8.78. The molecular weight excluding hydrogens is 897 g/mol. The number of nitriles is 1. The average molecular weight is 965 g/mol. The van der Waals surface area contributed by atoms with E-state index < -0.39 is 11.4 Å². The number of nitrogens with one attached hydrogen (secondary N) is 4. The van der Waals surface area contributed by atoms with E-state index in [1.54, 1.807) is 56.1 Å². The molecule has 2 amide bonds. The van der Waals surface area contributed by atoms with E-state index in [1.807, 2.05) is 30.5 Å². The first-order chi connectivity index (χ1) is 32.8. The van der Waals surface area contributed by atoms with E-state index >= 15 is 4.39 Å². The van der Waals surface area contributed by atoms with Crippen molar-refractivity contribution < 1.29 is 28.6 Å². The molecule has 14 nitrogen and oxygen atoms in total. The standard InChI is InChI=1S/C53H67ClFN9O5/c1-50(2)47(51(3,4)48(50)68-35-13-11-32(23-56)39(54)22-35)60-45(65)33-24-58-49(59-25-33)64-20-19-62(30-53(64)16-17-53)26-31-27-63(28-31)40-9-8-10-42(43(40)55)69-41-14-12-34(52(5,6)67)21-37(41)38-29-61(7)46(66)44-36(38)15-18-57-44/h8-14,21-22,29,31,33,36,44,47-49,57-59,67H,15-20,24-28,30H2,1-7H3,(H,60,65). The van der Waals surface area contributed by atoms with Crippen LogP contribution in [0.25, 0.3) is 5.57 Å². The van der Waals surface area contributed by atoms with Gasteiger partial charge in [-0.05, 0) is 87.2 Å². The number of anilines is 1. The van der Waals surface area contributed by atoms with Gasteiger partial charge in [0.25, 0.3) is 0 Å². The highest BCUT2D eigenvalue weighted by Crippen LogP contribution is 2.56. The Morgan fingerprint density at radius 2 is 1.75 bits per heavy atom. The van der Waals surface area contributed by atoms with Crippen molar-refractivity contribution in [2.45, 2.75) is 96.4 Å². The van der Waals surface area contributed by atoms with Gasteiger partial charge in [0, 0.05) is 111 Å². The lowest BCUT2D eigenvalue weighted by Crippen LogP contribution is -2.75. The number of carbonyl (C=O) groups excluding carboxylic acids is 2. The summed E-state index contributed by atoms with van der Waals surface area (Å²) in [6.45, 7) is 19.2. The van der Waals surface area contributed by atoms with Crippen LogP contribution in [0.1, 0.15) is 77.5 Å². The lowest BCUT2D eigenvalue weighted by Gasteiger charge is -2.63. The van der Waals surface area contributed by atoms with Gasteiger partial charge in [0.1, 0.15) is 30.0 Å². The molecule has 0 aromatic heterocycles. The second-order valence-electron chi connectivity index (χ2n) is 22.5. The highest BCUT2D eigenvalue weighted by molar-refractivity contribution is 6.31. The zero-order chi connectivity index (χ0) is 48.8. The number of benzene rings is 3. The van der Waals surface area contributed by atoms with Crippen molar-refractivity contribution >= 4 is 34.7 Å². The van der Waals surface area contributed by atoms with Crippen LogP contribution < -0.4 is 35.6 Å². The number of hydrogen-bond donors (Lipinski definition) is 5. The van der Waals surface area contributed by atoms with Gasteiger partial charge in [-0.1, -0.05) is 51.4 Å². The minimum absolute atomic E-state index is 0.000999. The Hall–Kier alpha value is -4.79. The van der Waals surface area contributed by atoms with Crippen molar-refractivity contribution in [1.29, 1.82) is 5.26 Å². The Morgan fingerprint density at radius 1 is 1.01 bits per heavy atom. The van der Waals surface area contributed by atoms with Gasteiger partial charge in [-0.25, -0.2) is 4.39 Å². The summed E-state index contributed by atoms with van der Waals surface area (Å²) in [4.78, 5) is 35.7. The van der Waals surface area contributed by atoms with Crippen LogP contribution in [-0.2, 0) is 15.2 Å². The summed E-state index contributed by atoms with van der Waals surface area (Å²) in [5.41, 5.74) is 1.62. The largest absolute Gasteiger partial charge is 0.489 e. The number of piperazine rings is 1. The zero-order valence-electron chi connectivity index (χ0n) is 40.9. The summed E-state index contributed by atoms with van der Waals surface area (Å²) in [5, 5.41) is 34.7. The van der Waals surface area contributed by atoms with Gasteiger partial charge in [0.15, 0.2) is 11.6 Å². The molecule has 4 saturated heterocycles. The molecule has 10 rings (SSSR count). The van der Waals surface area contributed by atoms with Crippen molar-refractivity contribution in [2.75, 3.05) is 70.9 Å². The molecule has 2 aliphatic carbocycles. The maximum atomic E-state index is 16.5. The fourth-order valence-electron chi connectivity index (χ4n) is 12.7. The van der Waals surface area contributed by atoms with Crippen LogP contribution in [0, 0.1) is 45.7 Å². The number of rotatable bonds is 12. The van der Waals surface area contributed by atoms with E-state index in [9.17, 15) is 20.0 Å². The van der Waals surface area contributed by atoms with Crippen LogP contribution in [0.4, 0.5) is 10.1 Å². The van der Waals surface area contributed by atoms with E-state index in [0.717, 1.165) is 76.2 Å². The predicted molar refractivity (Wildman–Crippen MR) is 263 cm³/mol. The number of halogens is 2. The number of carbonyl (C=O) groups is 2. The molecule has 5 heterocycles. The van der Waals surface area contributed by atoms with Crippen LogP contribution in [0.15, 0.2) is 60.8 Å². The number of aliphatic hydroxyl groups is 1. The normalized spacial score (nSPS) is 28.5. The van der Waals surface area contributed by atoms with Crippen LogP contribution in [0.5, 0.6) is 17.2 Å². The maximum Gasteiger partial charge on any atom is 0.244 e. The van der Waals surface area contributed by atoms with Gasteiger partial charge in [-0.3, -0.25) is 30.0 Å². The second-order valence-corrected chi connectivity index (χ2v) is 22.9. The molecule has 6 fully saturated rings. The van der Waals surface area contributed by atoms with Crippen molar-refractivity contribution in [2.24, 2.45) is 28.6 Å². The van der Waals surface area contributed by atoms with E-state index in [-0.39, 0.29) is 70.2 Å². The third-order valence-electron chi connectivity index (χ3n) is 16.4. The lowest BCUT2D eigenvalue weighted by atomic mass is 9.49. The minimum Gasteiger partial charge on any atom is -0.489 e. The Morgan fingerprint density at radius 3 is 2.43 bits per heavy atom. The van der Waals surface area contributed by atoms with Crippen LogP contribution in [-0.4, -0.2) is 128 Å². The lowest BCUT2D eigenvalue weighted by molar-refractivity contribution is -0.175. The molecule has 16 heteroatoms. The van der Waals surface area contributed by atoms with Gasteiger partial charge >= 0.3 is 0 Å². The number of nitrogens with zero attached hydrogens (tertiary/aromatic N) is 5. The first kappa shape index (κ1) is 47.9. The molecular formula is C53H67ClFN9O5. The van der Waals surface area contributed by atoms with Crippen molar-refractivity contribution in [3.63, 3.8) is 0 Å². The van der Waals surface area contributed by atoms with Gasteiger partial charge in [0.05, 0.1) is 33.8 Å². The number of amides is 2. The van der Waals surface area contributed by atoms with Gasteiger partial charge in [-0.2, -0.15) is 5.26 Å². The van der Waals surface area contributed by atoms with Gasteiger partial charge < -0.3 is 35.0 Å². The number of likely N-dealkylation sites (N-methyl/N-ethyl adjacent to an activating group) is 1. The second kappa shape index (κ2) is 17.8. The average Bonchev–Trinajstić information content (AvgIpc) is 3.87. The molecule has 69 heavy (non-hydrogen) atoms. The van der Waals surface area contributed by atoms with E-state index in [2.05, 4.69) is 69.7 Å². The molecule has 2 unspecified atom stereocenters. The fourth-order valence-corrected chi connectivity index (χ4v) is 12.9. The first-order valence-corrected chi connectivity index (χ1v) is 25.1. The smallest absolute Gasteiger partial charge is 0.244 e. The molecule has 7 aliphatic rings. The molecule has 3 aromatic rings. The van der Waals surface area contributed by atoms with Crippen LogP contribution in [0.2, 0.25) is 5.02 Å². The quantitative estimate of drug-likeness (QED) is 0.148. The number of ether oxygens (including phenoxy) is 2. The summed E-state index contributed by atoms with van der Waals surface area (Å²) in [6.07, 6.45) is 4.75. The molecule has 5 N–H and O–H groups in total. The third-order valence-corrected chi connectivity index (χ3v) is 16.7. The maximum absolute atomic E-state index is 16.5. The SMILES string of the molecule is CN1C=C(c2cc(C(C)(C)O)ccc2Oc2cccc(N3CC(CN4CCN(C5NCC(C(=O)NC6C(C)(C)C(Oc7ccc(C#N)c(Cl)c7)C6(C)C)CN5)C5(CC5)C4)C3)c2F)C2CCNC2C1=O. The molecule has 3 aromatic carbocycles. The van der Waals surface area contributed by atoms with Crippen molar-refractivity contribution in [1.82, 2.24) is 36.0 Å². The topological polar surface area (TPSA) is 158 Å². The summed E-state index contributed by atoms with van der Waals surface area (Å²) in [7, 11) is 1.75. The number of hydrogen-bond acceptors (Lipinski definition) is 12. The molecule has 1 spiro atoms. The summed E-state index contributed by atoms with van der Waals surface area (Å²) >= 11 is 6.29. The van der Waals surface area contributed by atoms with Gasteiger partial charge in [0.2, 0.25) is 11.8 Å². The van der Waals surface area contributed by atoms with Crippen LogP contribution in [0.3, 0.4) is 0 Å². The minimum atomic E-state index is -1.11. The predicted octanol–water partition coefficient (Wildman–Crippen LogP) is 5.84. The molecule has 368 valence electrons. The highest BCUT2D eigenvalue weighted by Gasteiger charge is 2.64. The van der Waals surface area contributed by atoms with Crippen LogP contribution >= 0.6 is 11.6 Å². The van der Waals surface area contributed by atoms with E-state index in [4.69, 9.17) is 21.1 Å². The molecule has 5 aliphatic heterocycles. The molecule has 0 bridgehead atoms. The Kier molecular flexibility index (Phi) is 12.4. The molecule has 0 radical (unpaired) electrons. The Labute approximate surface area is 410 Å². The number of fused-ring (bicyclic) bond motifs is 1. The van der Waals surface area contributed by atoms with Gasteiger partial charge in [-0.15, -0.1) is 0 Å².